The van der Waals surface area contributed by atoms with Crippen molar-refractivity contribution in [2.24, 2.45) is 0 Å². The van der Waals surface area contributed by atoms with Crippen LogP contribution >= 0.6 is 0 Å². The summed E-state index contributed by atoms with van der Waals surface area (Å²) in [6, 6.07) is 13.0. The van der Waals surface area contributed by atoms with E-state index in [4.69, 9.17) is 33.2 Å². The molecule has 9 nitrogen and oxygen atoms in total. The minimum Gasteiger partial charge on any atom is -0.497 e. The number of methoxy groups -OCH3 is 5. The Morgan fingerprint density at radius 1 is 0.708 bits per heavy atom. The first-order valence-electron chi connectivity index (χ1n) is 16.7. The number of benzene rings is 3. The normalized spacial score (nSPS) is 22.1. The SMILES string of the molecule is COC1=CC=C2C[C@H]1Oc1ccc(cc1)C[C@H]1c3cc(c(OC)cc3CCN1C)Oc1c(OC)c(OC)c(OC)c3c1[C@H](C2)N(C)CC3. The maximum Gasteiger partial charge on any atom is 0.208 e. The molecule has 8 rings (SSSR count). The molecule has 0 N–H and O–H groups in total. The van der Waals surface area contributed by atoms with Gasteiger partial charge >= 0.3 is 0 Å². The van der Waals surface area contributed by atoms with Crippen molar-refractivity contribution in [1.29, 1.82) is 0 Å². The lowest BCUT2D eigenvalue weighted by Gasteiger charge is -2.39. The molecule has 254 valence electrons. The highest BCUT2D eigenvalue weighted by Crippen LogP contribution is 2.56. The van der Waals surface area contributed by atoms with E-state index in [1.54, 1.807) is 35.5 Å². The lowest BCUT2D eigenvalue weighted by Crippen LogP contribution is -2.34. The van der Waals surface area contributed by atoms with Crippen molar-refractivity contribution < 1.29 is 33.2 Å². The number of nitrogens with zero attached hydrogens (tertiary/aromatic N) is 2. The van der Waals surface area contributed by atoms with Crippen LogP contribution in [-0.2, 0) is 24.0 Å². The minimum absolute atomic E-state index is 0.0393. The summed E-state index contributed by atoms with van der Waals surface area (Å²) in [6.07, 6.45) is 7.97. The predicted molar refractivity (Wildman–Crippen MR) is 184 cm³/mol. The van der Waals surface area contributed by atoms with E-state index in [2.05, 4.69) is 66.4 Å². The van der Waals surface area contributed by atoms with Gasteiger partial charge in [-0.2, -0.15) is 0 Å². The topological polar surface area (TPSA) is 71.1 Å². The first-order chi connectivity index (χ1) is 23.4. The van der Waals surface area contributed by atoms with Crippen LogP contribution in [0.25, 0.3) is 0 Å². The highest BCUT2D eigenvalue weighted by atomic mass is 16.6. The van der Waals surface area contributed by atoms with Gasteiger partial charge in [0.05, 0.1) is 35.5 Å². The molecular weight excluding hydrogens is 608 g/mol. The monoisotopic (exact) mass is 654 g/mol. The minimum atomic E-state index is -0.236. The molecule has 0 amide bonds. The Kier molecular flexibility index (Phi) is 8.92. The van der Waals surface area contributed by atoms with Gasteiger partial charge in [-0.15, -0.1) is 0 Å². The number of hydrogen-bond donors (Lipinski definition) is 0. The summed E-state index contributed by atoms with van der Waals surface area (Å²) in [5.74, 6) is 5.30. The Balaban J connectivity index is 1.47. The lowest BCUT2D eigenvalue weighted by atomic mass is 9.84. The molecule has 0 aromatic heterocycles. The molecule has 0 radical (unpaired) electrons. The summed E-state index contributed by atoms with van der Waals surface area (Å²) in [6.45, 7) is 1.80. The molecule has 6 bridgehead atoms. The van der Waals surface area contributed by atoms with Gasteiger partial charge in [-0.1, -0.05) is 23.8 Å². The van der Waals surface area contributed by atoms with Crippen LogP contribution < -0.4 is 28.4 Å². The van der Waals surface area contributed by atoms with Crippen LogP contribution in [0.4, 0.5) is 0 Å². The smallest absolute Gasteiger partial charge is 0.208 e. The molecule has 9 heteroatoms. The molecule has 0 saturated heterocycles. The van der Waals surface area contributed by atoms with Crippen LogP contribution in [0.3, 0.4) is 0 Å². The Labute approximate surface area is 283 Å². The average molecular weight is 655 g/mol. The summed E-state index contributed by atoms with van der Waals surface area (Å²) in [7, 11) is 12.8. The van der Waals surface area contributed by atoms with E-state index in [-0.39, 0.29) is 18.2 Å². The summed E-state index contributed by atoms with van der Waals surface area (Å²) < 4.78 is 43.6. The summed E-state index contributed by atoms with van der Waals surface area (Å²) in [4.78, 5) is 4.82. The van der Waals surface area contributed by atoms with E-state index in [1.807, 2.05) is 6.08 Å². The predicted octanol–water partition coefficient (Wildman–Crippen LogP) is 6.83. The molecule has 0 fully saturated rings. The van der Waals surface area contributed by atoms with Crippen LogP contribution in [0.5, 0.6) is 40.2 Å². The standard InChI is InChI=1S/C39H46N2O7/c1-40-16-14-25-21-32(43-4)34-22-28(25)29(40)18-23-8-11-26(12-9-23)47-33-20-24(10-13-31(33)42-3)19-30-35-27(15-17-41(30)2)36(44-5)38(45-6)39(46-7)37(35)48-34/h8-13,21-22,29-30,33H,14-20H2,1-7H3/t29-,30-,33+/m0/s1. The third kappa shape index (κ3) is 5.62. The molecule has 3 aromatic rings. The van der Waals surface area contributed by atoms with Gasteiger partial charge in [-0.05, 0) is 86.8 Å². The fourth-order valence-electron chi connectivity index (χ4n) is 7.89. The second-order valence-electron chi connectivity index (χ2n) is 13.1. The Bertz CT molecular complexity index is 1750. The van der Waals surface area contributed by atoms with Crippen LogP contribution in [-0.4, -0.2) is 78.6 Å². The Morgan fingerprint density at radius 3 is 2.15 bits per heavy atom. The lowest BCUT2D eigenvalue weighted by molar-refractivity contribution is 0.141. The number of allylic oxidation sites excluding steroid dienone is 2. The summed E-state index contributed by atoms with van der Waals surface area (Å²) in [5, 5.41) is 0. The summed E-state index contributed by atoms with van der Waals surface area (Å²) in [5.41, 5.74) is 7.09. The van der Waals surface area contributed by atoms with Crippen LogP contribution in [0.2, 0.25) is 0 Å². The summed E-state index contributed by atoms with van der Waals surface area (Å²) >= 11 is 0. The third-order valence-electron chi connectivity index (χ3n) is 10.5. The van der Waals surface area contributed by atoms with Crippen LogP contribution in [0.1, 0.15) is 52.7 Å². The van der Waals surface area contributed by atoms with Crippen molar-refractivity contribution in [3.05, 3.63) is 87.7 Å². The van der Waals surface area contributed by atoms with Gasteiger partial charge in [0.15, 0.2) is 29.1 Å². The van der Waals surface area contributed by atoms with Gasteiger partial charge in [0.2, 0.25) is 11.5 Å². The maximum atomic E-state index is 7.09. The Hall–Kier alpha value is -4.34. The number of ether oxygens (including phenoxy) is 7. The van der Waals surface area contributed by atoms with E-state index in [0.717, 1.165) is 61.4 Å². The average Bonchev–Trinajstić information content (AvgIpc) is 3.10. The van der Waals surface area contributed by atoms with Crippen molar-refractivity contribution in [3.63, 3.8) is 0 Å². The van der Waals surface area contributed by atoms with Crippen molar-refractivity contribution >= 4 is 0 Å². The molecule has 4 aliphatic heterocycles. The van der Waals surface area contributed by atoms with Crippen molar-refractivity contribution in [1.82, 2.24) is 9.80 Å². The molecule has 0 spiro atoms. The van der Waals surface area contributed by atoms with E-state index in [0.29, 0.717) is 40.9 Å². The molecule has 4 heterocycles. The zero-order chi connectivity index (χ0) is 33.5. The van der Waals surface area contributed by atoms with Crippen molar-refractivity contribution in [2.75, 3.05) is 62.7 Å². The molecule has 0 unspecified atom stereocenters. The van der Waals surface area contributed by atoms with Crippen LogP contribution in [0.15, 0.2) is 59.9 Å². The van der Waals surface area contributed by atoms with E-state index in [1.165, 1.54) is 22.3 Å². The fraction of sp³-hybridized carbons (Fsp3) is 0.436. The first kappa shape index (κ1) is 32.2. The highest BCUT2D eigenvalue weighted by Gasteiger charge is 2.38. The fourth-order valence-corrected chi connectivity index (χ4v) is 7.89. The Morgan fingerprint density at radius 2 is 1.44 bits per heavy atom. The quantitative estimate of drug-likeness (QED) is 0.295. The van der Waals surface area contributed by atoms with Crippen molar-refractivity contribution in [2.45, 2.75) is 50.3 Å². The number of hydrogen-bond acceptors (Lipinski definition) is 9. The van der Waals surface area contributed by atoms with E-state index >= 15 is 0 Å². The second kappa shape index (κ2) is 13.3. The largest absolute Gasteiger partial charge is 0.497 e. The first-order valence-corrected chi connectivity index (χ1v) is 16.7. The van der Waals surface area contributed by atoms with Crippen LogP contribution in [0, 0.1) is 0 Å². The van der Waals surface area contributed by atoms with Gasteiger partial charge in [-0.25, -0.2) is 0 Å². The number of likely N-dealkylation sites (N-methyl/N-ethyl adjacent to an activating group) is 2. The second-order valence-corrected chi connectivity index (χ2v) is 13.1. The van der Waals surface area contributed by atoms with Gasteiger partial charge in [0.1, 0.15) is 11.5 Å². The molecule has 1 aliphatic carbocycles. The maximum absolute atomic E-state index is 7.09. The third-order valence-corrected chi connectivity index (χ3v) is 10.5. The molecule has 5 aliphatic rings. The van der Waals surface area contributed by atoms with Gasteiger partial charge < -0.3 is 33.2 Å². The zero-order valence-corrected chi connectivity index (χ0v) is 29.1. The van der Waals surface area contributed by atoms with Gasteiger partial charge in [0, 0.05) is 42.7 Å². The van der Waals surface area contributed by atoms with Crippen molar-refractivity contribution in [3.8, 4) is 40.2 Å². The zero-order valence-electron chi connectivity index (χ0n) is 29.1. The van der Waals surface area contributed by atoms with E-state index < -0.39 is 0 Å². The molecule has 0 saturated carbocycles. The van der Waals surface area contributed by atoms with E-state index in [9.17, 15) is 0 Å². The molecule has 48 heavy (non-hydrogen) atoms. The van der Waals surface area contributed by atoms with Gasteiger partial charge in [0.25, 0.3) is 0 Å². The highest BCUT2D eigenvalue weighted by molar-refractivity contribution is 5.70. The van der Waals surface area contributed by atoms with Gasteiger partial charge in [-0.3, -0.25) is 9.80 Å². The molecule has 3 atom stereocenters. The number of fused-ring (bicyclic) bond motifs is 2. The molecular formula is C39H46N2O7. The molecule has 3 aromatic carbocycles. The number of rotatable bonds is 5.